The molecule has 0 atom stereocenters. The first-order valence-corrected chi connectivity index (χ1v) is 13.1. The molecule has 6 rings (SSSR count). The minimum absolute atomic E-state index is 0.179. The molecule has 1 saturated heterocycles. The second kappa shape index (κ2) is 10.4. The Bertz CT molecular complexity index is 1890. The molecule has 0 radical (unpaired) electrons. The van der Waals surface area contributed by atoms with Crippen LogP contribution in [0, 0.1) is 6.92 Å². The first-order valence-electron chi connectivity index (χ1n) is 13.1. The van der Waals surface area contributed by atoms with Crippen molar-refractivity contribution in [3.8, 4) is 11.3 Å². The molecule has 1 amide bonds. The fourth-order valence-electron chi connectivity index (χ4n) is 5.21. The summed E-state index contributed by atoms with van der Waals surface area (Å²) >= 11 is 0. The third-order valence-electron chi connectivity index (χ3n) is 7.20. The summed E-state index contributed by atoms with van der Waals surface area (Å²) in [4.78, 5) is 41.3. The van der Waals surface area contributed by atoms with Crippen molar-refractivity contribution in [2.24, 2.45) is 7.05 Å². The lowest BCUT2D eigenvalue weighted by Gasteiger charge is -2.31. The number of benzene rings is 3. The number of aromatic nitrogens is 4. The lowest BCUT2D eigenvalue weighted by Crippen LogP contribution is -2.37. The molecule has 1 fully saturated rings. The molecule has 3 aromatic carbocycles. The minimum Gasteiger partial charge on any atom is -0.378 e. The van der Waals surface area contributed by atoms with Gasteiger partial charge in [0, 0.05) is 36.5 Å². The first-order chi connectivity index (χ1) is 19.4. The van der Waals surface area contributed by atoms with Gasteiger partial charge in [-0.3, -0.25) is 14.4 Å². The van der Waals surface area contributed by atoms with Gasteiger partial charge in [0.1, 0.15) is 6.54 Å². The Morgan fingerprint density at radius 2 is 1.52 bits per heavy atom. The summed E-state index contributed by atoms with van der Waals surface area (Å²) < 4.78 is 8.06. The van der Waals surface area contributed by atoms with Crippen molar-refractivity contribution in [1.29, 1.82) is 0 Å². The van der Waals surface area contributed by atoms with Gasteiger partial charge >= 0.3 is 0 Å². The number of carbonyl (C=O) groups is 1. The smallest absolute Gasteiger partial charge is 0.275 e. The summed E-state index contributed by atoms with van der Waals surface area (Å²) in [5.41, 5.74) is 2.97. The van der Waals surface area contributed by atoms with Crippen LogP contribution in [0.4, 0.5) is 11.4 Å². The average Bonchev–Trinajstić information content (AvgIpc) is 2.98. The van der Waals surface area contributed by atoms with Gasteiger partial charge in [0.25, 0.3) is 11.1 Å². The fourth-order valence-corrected chi connectivity index (χ4v) is 5.21. The molecule has 40 heavy (non-hydrogen) atoms. The molecule has 0 aliphatic carbocycles. The van der Waals surface area contributed by atoms with Crippen molar-refractivity contribution in [1.82, 2.24) is 19.6 Å². The summed E-state index contributed by atoms with van der Waals surface area (Å²) in [5.74, 6) is -0.380. The van der Waals surface area contributed by atoms with Crippen LogP contribution in [0.25, 0.3) is 32.8 Å². The zero-order valence-electron chi connectivity index (χ0n) is 22.3. The number of nitrogens with zero attached hydrogens (tertiary/aromatic N) is 5. The van der Waals surface area contributed by atoms with Crippen LogP contribution in [0.2, 0.25) is 0 Å². The van der Waals surface area contributed by atoms with Crippen LogP contribution in [0.1, 0.15) is 5.69 Å². The van der Waals surface area contributed by atoms with E-state index < -0.39 is 0 Å². The predicted molar refractivity (Wildman–Crippen MR) is 155 cm³/mol. The van der Waals surface area contributed by atoms with Crippen molar-refractivity contribution in [3.63, 3.8) is 0 Å². The summed E-state index contributed by atoms with van der Waals surface area (Å²) in [6, 6.07) is 20.3. The van der Waals surface area contributed by atoms with Crippen molar-refractivity contribution in [3.05, 3.63) is 93.1 Å². The second-order valence-corrected chi connectivity index (χ2v) is 9.80. The molecule has 0 spiro atoms. The van der Waals surface area contributed by atoms with Crippen LogP contribution in [0.15, 0.2) is 76.3 Å². The van der Waals surface area contributed by atoms with E-state index in [-0.39, 0.29) is 23.6 Å². The maximum Gasteiger partial charge on any atom is 0.275 e. The number of aryl methyl sites for hydroxylation is 2. The van der Waals surface area contributed by atoms with Crippen molar-refractivity contribution < 1.29 is 9.53 Å². The number of anilines is 2. The zero-order valence-corrected chi connectivity index (χ0v) is 22.3. The molecule has 0 bridgehead atoms. The Kier molecular flexibility index (Phi) is 6.61. The zero-order chi connectivity index (χ0) is 27.8. The molecule has 1 aliphatic heterocycles. The van der Waals surface area contributed by atoms with E-state index in [1.807, 2.05) is 55.5 Å². The molecule has 0 saturated carbocycles. The van der Waals surface area contributed by atoms with E-state index in [1.54, 1.807) is 25.2 Å². The lowest BCUT2D eigenvalue weighted by atomic mass is 10.0. The van der Waals surface area contributed by atoms with E-state index in [4.69, 9.17) is 4.74 Å². The van der Waals surface area contributed by atoms with E-state index in [1.165, 1.54) is 9.36 Å². The first kappa shape index (κ1) is 25.4. The highest BCUT2D eigenvalue weighted by molar-refractivity contribution is 5.98. The Morgan fingerprint density at radius 1 is 0.875 bits per heavy atom. The minimum atomic E-state index is -0.380. The number of carbonyl (C=O) groups excluding carboxylic acids is 1. The van der Waals surface area contributed by atoms with Gasteiger partial charge in [0.2, 0.25) is 5.91 Å². The second-order valence-electron chi connectivity index (χ2n) is 9.80. The predicted octanol–water partition coefficient (Wildman–Crippen LogP) is 3.09. The molecular weight excluding hydrogens is 508 g/mol. The standard InChI is InChI=1S/C30H28N6O4/c1-19-21-7-3-5-9-23(21)30(39)36(32-19)18-27(37)31-25-17-20(11-12-26(25)35-13-15-40-16-14-35)28-22-8-4-6-10-24(22)29(38)34(2)33-28/h3-12,17H,13-16,18H2,1-2H3,(H,31,37). The SMILES string of the molecule is Cc1nn(CC(=O)Nc2cc(-c3nn(C)c(=O)c4ccccc34)ccc2N2CCOCC2)c(=O)c2ccccc12. The van der Waals surface area contributed by atoms with E-state index in [2.05, 4.69) is 20.4 Å². The Hall–Kier alpha value is -4.83. The number of nitrogens with one attached hydrogen (secondary N) is 1. The number of hydrogen-bond donors (Lipinski definition) is 1. The van der Waals surface area contributed by atoms with Gasteiger partial charge in [-0.25, -0.2) is 9.36 Å². The molecule has 10 heteroatoms. The summed E-state index contributed by atoms with van der Waals surface area (Å²) in [6.07, 6.45) is 0. The highest BCUT2D eigenvalue weighted by Crippen LogP contribution is 2.33. The summed E-state index contributed by atoms with van der Waals surface area (Å²) in [6.45, 7) is 4.09. The molecule has 202 valence electrons. The van der Waals surface area contributed by atoms with Gasteiger partial charge in [-0.15, -0.1) is 0 Å². The van der Waals surface area contributed by atoms with E-state index in [9.17, 15) is 14.4 Å². The molecule has 3 heterocycles. The topological polar surface area (TPSA) is 111 Å². The third kappa shape index (κ3) is 4.62. The molecule has 10 nitrogen and oxygen atoms in total. The lowest BCUT2D eigenvalue weighted by molar-refractivity contribution is -0.117. The largest absolute Gasteiger partial charge is 0.378 e. The van der Waals surface area contributed by atoms with Crippen LogP contribution in [-0.2, 0) is 23.1 Å². The van der Waals surface area contributed by atoms with Gasteiger partial charge in [0.15, 0.2) is 0 Å². The van der Waals surface area contributed by atoms with Crippen molar-refractivity contribution in [2.45, 2.75) is 13.5 Å². The highest BCUT2D eigenvalue weighted by Gasteiger charge is 2.20. The van der Waals surface area contributed by atoms with Gasteiger partial charge in [-0.05, 0) is 31.2 Å². The molecule has 1 N–H and O–H groups in total. The van der Waals surface area contributed by atoms with E-state index >= 15 is 0 Å². The molecule has 0 unspecified atom stereocenters. The number of amides is 1. The van der Waals surface area contributed by atoms with Crippen molar-refractivity contribution >= 4 is 38.8 Å². The van der Waals surface area contributed by atoms with E-state index in [0.717, 1.165) is 22.0 Å². The van der Waals surface area contributed by atoms with E-state index in [0.29, 0.717) is 54.2 Å². The van der Waals surface area contributed by atoms with Crippen LogP contribution in [0.3, 0.4) is 0 Å². The third-order valence-corrected chi connectivity index (χ3v) is 7.20. The average molecular weight is 537 g/mol. The number of morpholine rings is 1. The molecular formula is C30H28N6O4. The normalized spacial score (nSPS) is 13.6. The number of fused-ring (bicyclic) bond motifs is 2. The number of rotatable bonds is 5. The van der Waals surface area contributed by atoms with Gasteiger partial charge < -0.3 is 15.0 Å². The van der Waals surface area contributed by atoms with Gasteiger partial charge in [0.05, 0.1) is 46.7 Å². The van der Waals surface area contributed by atoms with Crippen LogP contribution in [-0.4, -0.2) is 51.8 Å². The molecule has 1 aliphatic rings. The Morgan fingerprint density at radius 3 is 2.25 bits per heavy atom. The highest BCUT2D eigenvalue weighted by atomic mass is 16.5. The maximum atomic E-state index is 13.4. The maximum absolute atomic E-state index is 13.4. The Balaban J connectivity index is 1.40. The summed E-state index contributed by atoms with van der Waals surface area (Å²) in [5, 5.41) is 14.5. The number of hydrogen-bond acceptors (Lipinski definition) is 7. The number of ether oxygens (including phenoxy) is 1. The quantitative estimate of drug-likeness (QED) is 0.367. The van der Waals surface area contributed by atoms with Crippen molar-refractivity contribution in [2.75, 3.05) is 36.5 Å². The molecule has 2 aromatic heterocycles. The van der Waals surface area contributed by atoms with Gasteiger partial charge in [-0.1, -0.05) is 42.5 Å². The fraction of sp³-hybridized carbons (Fsp3) is 0.233. The van der Waals surface area contributed by atoms with Crippen LogP contribution < -0.4 is 21.3 Å². The Labute approximate surface area is 229 Å². The van der Waals surface area contributed by atoms with Gasteiger partial charge in [-0.2, -0.15) is 10.2 Å². The monoisotopic (exact) mass is 536 g/mol. The summed E-state index contributed by atoms with van der Waals surface area (Å²) in [7, 11) is 1.62. The molecule has 5 aromatic rings. The van der Waals surface area contributed by atoms with Crippen LogP contribution in [0.5, 0.6) is 0 Å². The van der Waals surface area contributed by atoms with Crippen LogP contribution >= 0.6 is 0 Å².